The average Bonchev–Trinajstić information content (AvgIpc) is 2.26. The van der Waals surface area contributed by atoms with Crippen molar-refractivity contribution in [2.45, 2.75) is 26.2 Å². The molecule has 1 aromatic carbocycles. The van der Waals surface area contributed by atoms with Gasteiger partial charge in [-0.2, -0.15) is 0 Å². The Morgan fingerprint density at radius 1 is 1.29 bits per heavy atom. The molecule has 0 N–H and O–H groups in total. The van der Waals surface area contributed by atoms with Crippen LogP contribution in [0.2, 0.25) is 0 Å². The van der Waals surface area contributed by atoms with E-state index in [-0.39, 0.29) is 5.78 Å². The third kappa shape index (κ3) is 2.80. The van der Waals surface area contributed by atoms with Crippen LogP contribution in [0.5, 0.6) is 0 Å². The van der Waals surface area contributed by atoms with E-state index in [9.17, 15) is 9.59 Å². The Morgan fingerprint density at radius 2 is 1.93 bits per heavy atom. The normalized spacial score (nSPS) is 9.79. The maximum Gasteiger partial charge on any atom is 0.233 e. The fourth-order valence-electron chi connectivity index (χ4n) is 1.21. The molecule has 0 fully saturated rings. The Morgan fingerprint density at radius 3 is 2.43 bits per heavy atom. The van der Waals surface area contributed by atoms with E-state index in [2.05, 4.69) is 6.92 Å². The topological polar surface area (TPSA) is 34.1 Å². The molecule has 0 aromatic heterocycles. The molecule has 1 rings (SSSR count). The van der Waals surface area contributed by atoms with Crippen LogP contribution in [0.15, 0.2) is 24.3 Å². The number of carbonyl (C=O) groups is 1. The highest BCUT2D eigenvalue weighted by molar-refractivity contribution is 5.96. The van der Waals surface area contributed by atoms with Gasteiger partial charge in [-0.3, -0.25) is 9.59 Å². The van der Waals surface area contributed by atoms with E-state index in [1.807, 2.05) is 0 Å². The summed E-state index contributed by atoms with van der Waals surface area (Å²) in [6.45, 7) is 2.05. The van der Waals surface area contributed by atoms with Crippen molar-refractivity contribution in [2.75, 3.05) is 0 Å². The quantitative estimate of drug-likeness (QED) is 0.667. The molecule has 0 aliphatic rings. The van der Waals surface area contributed by atoms with Crippen molar-refractivity contribution in [3.63, 3.8) is 0 Å². The van der Waals surface area contributed by atoms with Crippen molar-refractivity contribution in [3.8, 4) is 0 Å². The number of hydrogen-bond donors (Lipinski definition) is 0. The summed E-state index contributed by atoms with van der Waals surface area (Å²) in [4.78, 5) is 21.8. The van der Waals surface area contributed by atoms with Crippen LogP contribution in [0.4, 0.5) is 0 Å². The molecule has 2 heteroatoms. The molecule has 0 aliphatic heterocycles. The van der Waals surface area contributed by atoms with Gasteiger partial charge < -0.3 is 0 Å². The molecule has 0 amide bonds. The fraction of sp³-hybridized carbons (Fsp3) is 0.333. The summed E-state index contributed by atoms with van der Waals surface area (Å²) >= 11 is 0. The summed E-state index contributed by atoms with van der Waals surface area (Å²) in [5.74, 6) is 0.143. The largest absolute Gasteiger partial charge is 0.294 e. The van der Waals surface area contributed by atoms with E-state index < -0.39 is 0 Å². The van der Waals surface area contributed by atoms with E-state index in [1.54, 1.807) is 30.6 Å². The number of hydrogen-bond acceptors (Lipinski definition) is 2. The van der Waals surface area contributed by atoms with Crippen LogP contribution in [-0.4, -0.2) is 12.1 Å². The summed E-state index contributed by atoms with van der Waals surface area (Å²) in [5, 5.41) is 0. The number of carbonyl (C=O) groups excluding carboxylic acids is 2. The fourth-order valence-corrected chi connectivity index (χ4v) is 1.21. The van der Waals surface area contributed by atoms with Crippen LogP contribution in [-0.2, 0) is 4.79 Å². The molecule has 0 unspecified atom stereocenters. The molecule has 0 heterocycles. The predicted molar refractivity (Wildman–Crippen MR) is 55.1 cm³/mol. The van der Waals surface area contributed by atoms with Crippen LogP contribution in [0.1, 0.15) is 42.1 Å². The zero-order chi connectivity index (χ0) is 10.4. The smallest absolute Gasteiger partial charge is 0.233 e. The Balaban J connectivity index is 2.66. The lowest BCUT2D eigenvalue weighted by Crippen LogP contribution is -1.98. The number of Topliss-reactive ketones (excluding diaryl/α,β-unsaturated/α-hetero) is 1. The van der Waals surface area contributed by atoms with Crippen molar-refractivity contribution in [3.05, 3.63) is 35.4 Å². The van der Waals surface area contributed by atoms with Crippen molar-refractivity contribution >= 4 is 12.1 Å². The van der Waals surface area contributed by atoms with Gasteiger partial charge in [-0.1, -0.05) is 37.6 Å². The molecule has 0 saturated heterocycles. The van der Waals surface area contributed by atoms with Crippen LogP contribution in [0.3, 0.4) is 0 Å². The van der Waals surface area contributed by atoms with Gasteiger partial charge in [0.25, 0.3) is 0 Å². The zero-order valence-electron chi connectivity index (χ0n) is 8.25. The summed E-state index contributed by atoms with van der Waals surface area (Å²) in [5.41, 5.74) is 1.16. The second kappa shape index (κ2) is 5.32. The average molecular weight is 189 g/mol. The summed E-state index contributed by atoms with van der Waals surface area (Å²) in [7, 11) is 0. The predicted octanol–water partition coefficient (Wildman–Crippen LogP) is 2.52. The second-order valence-electron chi connectivity index (χ2n) is 3.21. The molecule has 1 aromatic rings. The minimum absolute atomic E-state index is 0.143. The molecule has 0 bridgehead atoms. The molecule has 0 atom stereocenters. The van der Waals surface area contributed by atoms with Crippen LogP contribution < -0.4 is 0 Å². The monoisotopic (exact) mass is 189 g/mol. The van der Waals surface area contributed by atoms with E-state index in [4.69, 9.17) is 0 Å². The van der Waals surface area contributed by atoms with Gasteiger partial charge in [0.2, 0.25) is 6.29 Å². The van der Waals surface area contributed by atoms with Gasteiger partial charge in [0.05, 0.1) is 0 Å². The molecule has 0 aliphatic carbocycles. The highest BCUT2D eigenvalue weighted by atomic mass is 16.1. The standard InChI is InChI=1S/C12H13O2/c1-2-3-4-12(14)11-7-5-10(9-13)6-8-11/h5-8H,2-4H2,1H3. The zero-order valence-corrected chi connectivity index (χ0v) is 8.25. The van der Waals surface area contributed by atoms with Crippen LogP contribution in [0, 0.1) is 0 Å². The highest BCUT2D eigenvalue weighted by Gasteiger charge is 2.04. The van der Waals surface area contributed by atoms with Crippen LogP contribution in [0.25, 0.3) is 0 Å². The molecular formula is C12H13O2. The van der Waals surface area contributed by atoms with Gasteiger partial charge in [-0.25, -0.2) is 0 Å². The molecule has 0 spiro atoms. The van der Waals surface area contributed by atoms with Crippen LogP contribution >= 0.6 is 0 Å². The first-order valence-corrected chi connectivity index (χ1v) is 4.79. The SMILES string of the molecule is CCCCC(=O)c1ccc([C]=O)cc1. The first-order valence-electron chi connectivity index (χ1n) is 4.79. The molecular weight excluding hydrogens is 176 g/mol. The molecule has 73 valence electrons. The van der Waals surface area contributed by atoms with E-state index >= 15 is 0 Å². The minimum Gasteiger partial charge on any atom is -0.294 e. The Kier molecular flexibility index (Phi) is 4.05. The number of ketones is 1. The van der Waals surface area contributed by atoms with Crippen molar-refractivity contribution < 1.29 is 9.59 Å². The van der Waals surface area contributed by atoms with E-state index in [0.29, 0.717) is 17.5 Å². The number of benzene rings is 1. The minimum atomic E-state index is 0.143. The Labute approximate surface area is 83.9 Å². The summed E-state index contributed by atoms with van der Waals surface area (Å²) in [6.07, 6.45) is 4.30. The molecule has 2 nitrogen and oxygen atoms in total. The highest BCUT2D eigenvalue weighted by Crippen LogP contribution is 2.07. The maximum absolute atomic E-state index is 11.5. The van der Waals surface area contributed by atoms with E-state index in [0.717, 1.165) is 12.8 Å². The molecule has 14 heavy (non-hydrogen) atoms. The first-order chi connectivity index (χ1) is 6.77. The Hall–Kier alpha value is -1.44. The number of unbranched alkanes of at least 4 members (excludes halogenated alkanes) is 1. The maximum atomic E-state index is 11.5. The third-order valence-electron chi connectivity index (χ3n) is 2.08. The lowest BCUT2D eigenvalue weighted by molar-refractivity contribution is 0.0980. The Bertz CT molecular complexity index is 312. The van der Waals surface area contributed by atoms with Crippen molar-refractivity contribution in [1.82, 2.24) is 0 Å². The van der Waals surface area contributed by atoms with Gasteiger partial charge in [0.1, 0.15) is 0 Å². The first kappa shape index (κ1) is 10.6. The van der Waals surface area contributed by atoms with Gasteiger partial charge in [-0.15, -0.1) is 0 Å². The van der Waals surface area contributed by atoms with E-state index in [1.165, 1.54) is 0 Å². The van der Waals surface area contributed by atoms with Gasteiger partial charge in [-0.05, 0) is 6.42 Å². The summed E-state index contributed by atoms with van der Waals surface area (Å²) in [6, 6.07) is 6.59. The summed E-state index contributed by atoms with van der Waals surface area (Å²) < 4.78 is 0. The lowest BCUT2D eigenvalue weighted by atomic mass is 10.0. The third-order valence-corrected chi connectivity index (χ3v) is 2.08. The number of rotatable bonds is 5. The van der Waals surface area contributed by atoms with Crippen molar-refractivity contribution in [2.24, 2.45) is 0 Å². The van der Waals surface area contributed by atoms with Gasteiger partial charge in [0, 0.05) is 17.5 Å². The van der Waals surface area contributed by atoms with Crippen molar-refractivity contribution in [1.29, 1.82) is 0 Å². The van der Waals surface area contributed by atoms with Gasteiger partial charge in [0.15, 0.2) is 5.78 Å². The molecule has 0 saturated carbocycles. The second-order valence-corrected chi connectivity index (χ2v) is 3.21. The molecule has 1 radical (unpaired) electrons. The van der Waals surface area contributed by atoms with Gasteiger partial charge >= 0.3 is 0 Å². The lowest BCUT2D eigenvalue weighted by Gasteiger charge is -1.99.